The molecule has 0 aromatic heterocycles. The summed E-state index contributed by atoms with van der Waals surface area (Å²) < 4.78 is 5.24. The number of amides is 2. The van der Waals surface area contributed by atoms with Crippen molar-refractivity contribution in [2.24, 2.45) is 5.92 Å². The highest BCUT2D eigenvalue weighted by atomic mass is 16.5. The molecular weight excluding hydrogens is 280 g/mol. The number of hydrogen-bond acceptors (Lipinski definition) is 3. The topological polar surface area (TPSA) is 61.8 Å². The zero-order valence-electron chi connectivity index (χ0n) is 13.6. The number of aryl methyl sites for hydroxylation is 1. The van der Waals surface area contributed by atoms with Crippen molar-refractivity contribution in [3.05, 3.63) is 29.3 Å². The van der Waals surface area contributed by atoms with Crippen LogP contribution in [0, 0.1) is 12.8 Å². The Morgan fingerprint density at radius 3 is 2.82 bits per heavy atom. The maximum Gasteiger partial charge on any atom is 0.317 e. The Morgan fingerprint density at radius 1 is 1.41 bits per heavy atom. The SMILES string of the molecule is COc1cc(C)cc(CNC(=O)N(C)CC2CCCC2O)c1. The molecule has 1 fully saturated rings. The van der Waals surface area contributed by atoms with E-state index in [9.17, 15) is 9.90 Å². The van der Waals surface area contributed by atoms with E-state index in [1.165, 1.54) is 0 Å². The van der Waals surface area contributed by atoms with Crippen molar-refractivity contribution >= 4 is 6.03 Å². The number of methoxy groups -OCH3 is 1. The summed E-state index contributed by atoms with van der Waals surface area (Å²) in [6.45, 7) is 3.07. The Labute approximate surface area is 132 Å². The minimum Gasteiger partial charge on any atom is -0.497 e. The first kappa shape index (κ1) is 16.6. The second-order valence-electron chi connectivity index (χ2n) is 6.16. The Balaban J connectivity index is 1.85. The minimum absolute atomic E-state index is 0.112. The summed E-state index contributed by atoms with van der Waals surface area (Å²) in [5.41, 5.74) is 2.12. The third kappa shape index (κ3) is 4.37. The van der Waals surface area contributed by atoms with E-state index in [0.717, 1.165) is 36.1 Å². The van der Waals surface area contributed by atoms with Crippen molar-refractivity contribution in [1.82, 2.24) is 10.2 Å². The quantitative estimate of drug-likeness (QED) is 0.877. The zero-order valence-corrected chi connectivity index (χ0v) is 13.6. The average Bonchev–Trinajstić information content (AvgIpc) is 2.89. The number of nitrogens with one attached hydrogen (secondary N) is 1. The summed E-state index contributed by atoms with van der Waals surface area (Å²) in [6, 6.07) is 5.80. The molecule has 22 heavy (non-hydrogen) atoms. The molecule has 2 N–H and O–H groups in total. The highest BCUT2D eigenvalue weighted by molar-refractivity contribution is 5.73. The lowest BCUT2D eigenvalue weighted by atomic mass is 10.1. The Hall–Kier alpha value is -1.75. The molecule has 5 heteroatoms. The number of hydrogen-bond donors (Lipinski definition) is 2. The van der Waals surface area contributed by atoms with Gasteiger partial charge in [0.05, 0.1) is 13.2 Å². The van der Waals surface area contributed by atoms with E-state index >= 15 is 0 Å². The molecule has 0 bridgehead atoms. The third-order valence-electron chi connectivity index (χ3n) is 4.26. The van der Waals surface area contributed by atoms with E-state index < -0.39 is 0 Å². The molecule has 0 heterocycles. The van der Waals surface area contributed by atoms with Crippen LogP contribution in [0.3, 0.4) is 0 Å². The molecule has 1 saturated carbocycles. The Morgan fingerprint density at radius 2 is 2.18 bits per heavy atom. The summed E-state index contributed by atoms with van der Waals surface area (Å²) in [5, 5.41) is 12.8. The maximum atomic E-state index is 12.2. The number of ether oxygens (including phenoxy) is 1. The normalized spacial score (nSPS) is 20.7. The van der Waals surface area contributed by atoms with Crippen molar-refractivity contribution in [3.8, 4) is 5.75 Å². The van der Waals surface area contributed by atoms with Crippen molar-refractivity contribution in [2.45, 2.75) is 38.8 Å². The summed E-state index contributed by atoms with van der Waals surface area (Å²) in [7, 11) is 3.41. The number of urea groups is 1. The van der Waals surface area contributed by atoms with Gasteiger partial charge in [-0.25, -0.2) is 4.79 Å². The summed E-state index contributed by atoms with van der Waals surface area (Å²) in [4.78, 5) is 13.8. The molecule has 1 aliphatic carbocycles. The van der Waals surface area contributed by atoms with Crippen LogP contribution >= 0.6 is 0 Å². The molecule has 5 nitrogen and oxygen atoms in total. The lowest BCUT2D eigenvalue weighted by Gasteiger charge is -2.23. The van der Waals surface area contributed by atoms with Gasteiger partial charge in [0, 0.05) is 26.1 Å². The van der Waals surface area contributed by atoms with Gasteiger partial charge in [0.25, 0.3) is 0 Å². The lowest BCUT2D eigenvalue weighted by Crippen LogP contribution is -2.40. The van der Waals surface area contributed by atoms with Crippen LogP contribution in [-0.4, -0.2) is 42.8 Å². The molecule has 122 valence electrons. The Bertz CT molecular complexity index is 519. The molecule has 1 aromatic carbocycles. The van der Waals surface area contributed by atoms with Gasteiger partial charge in [-0.15, -0.1) is 0 Å². The number of benzene rings is 1. The molecule has 2 unspecified atom stereocenters. The fourth-order valence-corrected chi connectivity index (χ4v) is 3.02. The predicted octanol–water partition coefficient (Wildman–Crippen LogP) is 2.31. The molecule has 0 spiro atoms. The zero-order chi connectivity index (χ0) is 16.1. The molecular formula is C17H26N2O3. The number of carbonyl (C=O) groups is 1. The van der Waals surface area contributed by atoms with Crippen LogP contribution in [0.5, 0.6) is 5.75 Å². The summed E-state index contributed by atoms with van der Waals surface area (Å²) in [5.74, 6) is 1.00. The van der Waals surface area contributed by atoms with E-state index in [1.54, 1.807) is 19.1 Å². The van der Waals surface area contributed by atoms with E-state index in [4.69, 9.17) is 4.74 Å². The second-order valence-corrected chi connectivity index (χ2v) is 6.16. The predicted molar refractivity (Wildman–Crippen MR) is 85.9 cm³/mol. The first-order valence-electron chi connectivity index (χ1n) is 7.81. The van der Waals surface area contributed by atoms with E-state index in [0.29, 0.717) is 13.1 Å². The molecule has 1 aliphatic rings. The highest BCUT2D eigenvalue weighted by Gasteiger charge is 2.27. The van der Waals surface area contributed by atoms with Gasteiger partial charge in [-0.05, 0) is 43.0 Å². The summed E-state index contributed by atoms with van der Waals surface area (Å²) >= 11 is 0. The van der Waals surface area contributed by atoms with Crippen LogP contribution in [0.15, 0.2) is 18.2 Å². The summed E-state index contributed by atoms with van der Waals surface area (Å²) in [6.07, 6.45) is 2.62. The first-order chi connectivity index (χ1) is 10.5. The number of aliphatic hydroxyl groups is 1. The average molecular weight is 306 g/mol. The maximum absolute atomic E-state index is 12.2. The Kier molecular flexibility index (Phi) is 5.66. The molecule has 0 saturated heterocycles. The molecule has 0 aliphatic heterocycles. The molecule has 1 aromatic rings. The lowest BCUT2D eigenvalue weighted by molar-refractivity contribution is 0.114. The fraction of sp³-hybridized carbons (Fsp3) is 0.588. The molecule has 2 amide bonds. The van der Waals surface area contributed by atoms with Gasteiger partial charge in [0.15, 0.2) is 0 Å². The number of nitrogens with zero attached hydrogens (tertiary/aromatic N) is 1. The smallest absolute Gasteiger partial charge is 0.317 e. The highest BCUT2D eigenvalue weighted by Crippen LogP contribution is 2.26. The van der Waals surface area contributed by atoms with Crippen molar-refractivity contribution in [3.63, 3.8) is 0 Å². The van der Waals surface area contributed by atoms with Gasteiger partial charge in [0.1, 0.15) is 5.75 Å². The molecule has 0 radical (unpaired) electrons. The van der Waals surface area contributed by atoms with Gasteiger partial charge in [-0.2, -0.15) is 0 Å². The van der Waals surface area contributed by atoms with Crippen molar-refractivity contribution in [1.29, 1.82) is 0 Å². The standard InChI is InChI=1S/C17H26N2O3/c1-12-7-13(9-15(8-12)22-3)10-18-17(21)19(2)11-14-5-4-6-16(14)20/h7-9,14,16,20H,4-6,10-11H2,1-3H3,(H,18,21). The van der Waals surface area contributed by atoms with Gasteiger partial charge in [-0.3, -0.25) is 0 Å². The van der Waals surface area contributed by atoms with Crippen LogP contribution in [0.25, 0.3) is 0 Å². The number of carbonyl (C=O) groups excluding carboxylic acids is 1. The first-order valence-corrected chi connectivity index (χ1v) is 7.81. The third-order valence-corrected chi connectivity index (χ3v) is 4.26. The van der Waals surface area contributed by atoms with E-state index in [-0.39, 0.29) is 18.1 Å². The number of rotatable bonds is 5. The second kappa shape index (κ2) is 7.49. The van der Waals surface area contributed by atoms with E-state index in [1.807, 2.05) is 25.1 Å². The van der Waals surface area contributed by atoms with Crippen LogP contribution in [0.2, 0.25) is 0 Å². The molecule has 2 rings (SSSR count). The molecule has 2 atom stereocenters. The van der Waals surface area contributed by atoms with E-state index in [2.05, 4.69) is 5.32 Å². The van der Waals surface area contributed by atoms with Gasteiger partial charge in [0.2, 0.25) is 0 Å². The monoisotopic (exact) mass is 306 g/mol. The van der Waals surface area contributed by atoms with Crippen LogP contribution in [-0.2, 0) is 6.54 Å². The largest absolute Gasteiger partial charge is 0.497 e. The van der Waals surface area contributed by atoms with Gasteiger partial charge < -0.3 is 20.1 Å². The van der Waals surface area contributed by atoms with Crippen molar-refractivity contribution in [2.75, 3.05) is 20.7 Å². The van der Waals surface area contributed by atoms with Crippen LogP contribution in [0.1, 0.15) is 30.4 Å². The van der Waals surface area contributed by atoms with Gasteiger partial charge in [-0.1, -0.05) is 12.5 Å². The minimum atomic E-state index is -0.267. The fourth-order valence-electron chi connectivity index (χ4n) is 3.02. The van der Waals surface area contributed by atoms with Gasteiger partial charge >= 0.3 is 6.03 Å². The van der Waals surface area contributed by atoms with Crippen molar-refractivity contribution < 1.29 is 14.6 Å². The van der Waals surface area contributed by atoms with Crippen LogP contribution < -0.4 is 10.1 Å². The number of aliphatic hydroxyl groups excluding tert-OH is 1. The van der Waals surface area contributed by atoms with Crippen LogP contribution in [0.4, 0.5) is 4.79 Å².